The van der Waals surface area contributed by atoms with E-state index in [4.69, 9.17) is 0 Å². The van der Waals surface area contributed by atoms with Gasteiger partial charge in [0.2, 0.25) is 0 Å². The molecule has 1 heteroatoms. The SMILES string of the molecule is CCC(C)/C=C(/CBr)C(C)C. The molecule has 0 N–H and O–H groups in total. The molecule has 0 aliphatic carbocycles. The van der Waals surface area contributed by atoms with Crippen molar-refractivity contribution in [1.82, 2.24) is 0 Å². The van der Waals surface area contributed by atoms with E-state index in [1.807, 2.05) is 0 Å². The maximum absolute atomic E-state index is 3.51. The molecule has 0 aromatic rings. The predicted octanol–water partition coefficient (Wildman–Crippen LogP) is 4.01. The first-order valence-electron chi connectivity index (χ1n) is 4.38. The average molecular weight is 219 g/mol. The maximum Gasteiger partial charge on any atom is 0.0244 e. The van der Waals surface area contributed by atoms with Crippen molar-refractivity contribution in [2.75, 3.05) is 5.33 Å². The summed E-state index contributed by atoms with van der Waals surface area (Å²) in [6, 6.07) is 0. The van der Waals surface area contributed by atoms with Crippen LogP contribution >= 0.6 is 15.9 Å². The fourth-order valence-electron chi connectivity index (χ4n) is 0.875. The van der Waals surface area contributed by atoms with Gasteiger partial charge in [0.25, 0.3) is 0 Å². The fraction of sp³-hybridized carbons (Fsp3) is 0.800. The Bertz CT molecular complexity index is 125. The smallest absolute Gasteiger partial charge is 0.0244 e. The number of hydrogen-bond acceptors (Lipinski definition) is 0. The van der Waals surface area contributed by atoms with Crippen molar-refractivity contribution < 1.29 is 0 Å². The van der Waals surface area contributed by atoms with Gasteiger partial charge < -0.3 is 0 Å². The molecule has 0 amide bonds. The summed E-state index contributed by atoms with van der Waals surface area (Å²) in [6.45, 7) is 8.99. The van der Waals surface area contributed by atoms with Gasteiger partial charge in [-0.1, -0.05) is 61.7 Å². The molecule has 0 aliphatic rings. The largest absolute Gasteiger partial charge is 0.0880 e. The Morgan fingerprint density at radius 2 is 1.91 bits per heavy atom. The van der Waals surface area contributed by atoms with E-state index in [0.29, 0.717) is 5.92 Å². The van der Waals surface area contributed by atoms with Crippen molar-refractivity contribution in [2.24, 2.45) is 11.8 Å². The van der Waals surface area contributed by atoms with Gasteiger partial charge in [0.1, 0.15) is 0 Å². The Morgan fingerprint density at radius 3 is 2.18 bits per heavy atom. The third kappa shape index (κ3) is 4.62. The van der Waals surface area contributed by atoms with Crippen LogP contribution in [0.3, 0.4) is 0 Å². The summed E-state index contributed by atoms with van der Waals surface area (Å²) in [6.07, 6.45) is 3.63. The molecule has 0 spiro atoms. The normalized spacial score (nSPS) is 15.6. The quantitative estimate of drug-likeness (QED) is 0.495. The molecule has 0 rings (SSSR count). The third-order valence-electron chi connectivity index (χ3n) is 2.04. The summed E-state index contributed by atoms with van der Waals surface area (Å²) in [5, 5.41) is 1.02. The molecule has 0 aromatic heterocycles. The van der Waals surface area contributed by atoms with Crippen LogP contribution in [-0.4, -0.2) is 5.33 Å². The molecule has 0 fully saturated rings. The Hall–Kier alpha value is 0.220. The van der Waals surface area contributed by atoms with Gasteiger partial charge in [-0.25, -0.2) is 0 Å². The molecule has 0 saturated carbocycles. The standard InChI is InChI=1S/C10H19Br/c1-5-9(4)6-10(7-11)8(2)3/h6,8-9H,5,7H2,1-4H3/b10-6-. The van der Waals surface area contributed by atoms with E-state index in [-0.39, 0.29) is 0 Å². The minimum Gasteiger partial charge on any atom is -0.0880 e. The number of rotatable bonds is 4. The van der Waals surface area contributed by atoms with E-state index >= 15 is 0 Å². The van der Waals surface area contributed by atoms with Gasteiger partial charge in [-0.15, -0.1) is 0 Å². The lowest BCUT2D eigenvalue weighted by molar-refractivity contribution is 0.670. The third-order valence-corrected chi connectivity index (χ3v) is 2.69. The van der Waals surface area contributed by atoms with Gasteiger partial charge >= 0.3 is 0 Å². The highest BCUT2D eigenvalue weighted by atomic mass is 79.9. The Kier molecular flexibility index (Phi) is 5.93. The molecule has 0 heterocycles. The summed E-state index contributed by atoms with van der Waals surface area (Å²) >= 11 is 3.51. The van der Waals surface area contributed by atoms with E-state index in [0.717, 1.165) is 11.2 Å². The first kappa shape index (κ1) is 11.2. The Labute approximate surface area is 79.2 Å². The van der Waals surface area contributed by atoms with Crippen molar-refractivity contribution in [1.29, 1.82) is 0 Å². The molecule has 1 unspecified atom stereocenters. The summed E-state index contributed by atoms with van der Waals surface area (Å²) in [5.74, 6) is 1.41. The number of alkyl halides is 1. The average Bonchev–Trinajstić information content (AvgIpc) is 1.99. The Balaban J connectivity index is 4.10. The molecule has 0 nitrogen and oxygen atoms in total. The molecule has 11 heavy (non-hydrogen) atoms. The first-order valence-corrected chi connectivity index (χ1v) is 5.50. The van der Waals surface area contributed by atoms with E-state index in [9.17, 15) is 0 Å². The van der Waals surface area contributed by atoms with E-state index in [1.54, 1.807) is 0 Å². The maximum atomic E-state index is 3.51. The fourth-order valence-corrected chi connectivity index (χ4v) is 1.71. The molecular weight excluding hydrogens is 200 g/mol. The van der Waals surface area contributed by atoms with Crippen LogP contribution in [0.5, 0.6) is 0 Å². The summed E-state index contributed by atoms with van der Waals surface area (Å²) < 4.78 is 0. The monoisotopic (exact) mass is 218 g/mol. The second kappa shape index (κ2) is 5.82. The van der Waals surface area contributed by atoms with Crippen LogP contribution < -0.4 is 0 Å². The van der Waals surface area contributed by atoms with Crippen molar-refractivity contribution in [3.8, 4) is 0 Å². The van der Waals surface area contributed by atoms with Gasteiger partial charge in [-0.3, -0.25) is 0 Å². The number of hydrogen-bond donors (Lipinski definition) is 0. The number of halogens is 1. The van der Waals surface area contributed by atoms with Crippen LogP contribution in [0.25, 0.3) is 0 Å². The minimum absolute atomic E-state index is 0.684. The van der Waals surface area contributed by atoms with Gasteiger partial charge in [0, 0.05) is 5.33 Å². The molecule has 0 aliphatic heterocycles. The van der Waals surface area contributed by atoms with Crippen molar-refractivity contribution in [3.63, 3.8) is 0 Å². The van der Waals surface area contributed by atoms with Crippen molar-refractivity contribution in [2.45, 2.75) is 34.1 Å². The molecule has 0 saturated heterocycles. The lowest BCUT2D eigenvalue weighted by atomic mass is 9.99. The predicted molar refractivity (Wildman–Crippen MR) is 56.2 cm³/mol. The van der Waals surface area contributed by atoms with E-state index in [1.165, 1.54) is 12.0 Å². The second-order valence-electron chi connectivity index (χ2n) is 3.42. The number of allylic oxidation sites excluding steroid dienone is 2. The van der Waals surface area contributed by atoms with Crippen LogP contribution in [0.2, 0.25) is 0 Å². The summed E-state index contributed by atoms with van der Waals surface area (Å²) in [7, 11) is 0. The zero-order valence-corrected chi connectivity index (χ0v) is 9.61. The highest BCUT2D eigenvalue weighted by Crippen LogP contribution is 2.16. The van der Waals surface area contributed by atoms with Crippen LogP contribution in [-0.2, 0) is 0 Å². The molecule has 0 bridgehead atoms. The van der Waals surface area contributed by atoms with Gasteiger partial charge in [-0.05, 0) is 11.8 Å². The molecule has 0 aromatic carbocycles. The first-order chi connectivity index (χ1) is 5.11. The van der Waals surface area contributed by atoms with Crippen LogP contribution in [0, 0.1) is 11.8 Å². The zero-order chi connectivity index (χ0) is 8.85. The lowest BCUT2D eigenvalue weighted by Crippen LogP contribution is -1.98. The second-order valence-corrected chi connectivity index (χ2v) is 3.98. The lowest BCUT2D eigenvalue weighted by Gasteiger charge is -2.10. The van der Waals surface area contributed by atoms with Crippen LogP contribution in [0.1, 0.15) is 34.1 Å². The van der Waals surface area contributed by atoms with Crippen molar-refractivity contribution in [3.05, 3.63) is 11.6 Å². The van der Waals surface area contributed by atoms with E-state index < -0.39 is 0 Å². The highest BCUT2D eigenvalue weighted by Gasteiger charge is 2.02. The minimum atomic E-state index is 0.684. The van der Waals surface area contributed by atoms with Gasteiger partial charge in [0.15, 0.2) is 0 Å². The molecule has 66 valence electrons. The topological polar surface area (TPSA) is 0 Å². The zero-order valence-electron chi connectivity index (χ0n) is 8.02. The van der Waals surface area contributed by atoms with Crippen molar-refractivity contribution >= 4 is 15.9 Å². The molecule has 1 atom stereocenters. The van der Waals surface area contributed by atoms with Crippen LogP contribution in [0.4, 0.5) is 0 Å². The summed E-state index contributed by atoms with van der Waals surface area (Å²) in [4.78, 5) is 0. The molecule has 0 radical (unpaired) electrons. The highest BCUT2D eigenvalue weighted by molar-refractivity contribution is 9.09. The Morgan fingerprint density at radius 1 is 1.36 bits per heavy atom. The van der Waals surface area contributed by atoms with Gasteiger partial charge in [-0.2, -0.15) is 0 Å². The molecular formula is C10H19Br. The van der Waals surface area contributed by atoms with E-state index in [2.05, 4.69) is 49.7 Å². The van der Waals surface area contributed by atoms with Gasteiger partial charge in [0.05, 0.1) is 0 Å². The van der Waals surface area contributed by atoms with Crippen LogP contribution in [0.15, 0.2) is 11.6 Å². The summed E-state index contributed by atoms with van der Waals surface area (Å²) in [5.41, 5.74) is 1.53.